The van der Waals surface area contributed by atoms with Crippen LogP contribution in [0.1, 0.15) is 24.1 Å². The fourth-order valence-electron chi connectivity index (χ4n) is 2.09. The van der Waals surface area contributed by atoms with Gasteiger partial charge >= 0.3 is 0 Å². The third-order valence-electron chi connectivity index (χ3n) is 3.40. The lowest BCUT2D eigenvalue weighted by molar-refractivity contribution is -0.384. The van der Waals surface area contributed by atoms with Crippen molar-refractivity contribution in [3.8, 4) is 0 Å². The zero-order chi connectivity index (χ0) is 17.5. The molecule has 0 aliphatic rings. The molecule has 7 heteroatoms. The molecule has 0 fully saturated rings. The van der Waals surface area contributed by atoms with E-state index in [0.717, 1.165) is 11.1 Å². The molecule has 1 N–H and O–H groups in total. The molecule has 1 unspecified atom stereocenters. The minimum Gasteiger partial charge on any atom is -0.349 e. The Morgan fingerprint density at radius 3 is 2.42 bits per heavy atom. The average molecular weight is 348 g/mol. The molecule has 0 radical (unpaired) electrons. The van der Waals surface area contributed by atoms with Gasteiger partial charge in [0.1, 0.15) is 5.82 Å². The van der Waals surface area contributed by atoms with Gasteiger partial charge < -0.3 is 5.32 Å². The predicted molar refractivity (Wildman–Crippen MR) is 92.2 cm³/mol. The van der Waals surface area contributed by atoms with Crippen molar-refractivity contribution in [2.45, 2.75) is 18.7 Å². The predicted octanol–water partition coefficient (Wildman–Crippen LogP) is 3.84. The summed E-state index contributed by atoms with van der Waals surface area (Å²) in [5, 5.41) is 13.4. The minimum absolute atomic E-state index is 0.0506. The molecule has 2 aromatic rings. The second-order valence-corrected chi connectivity index (χ2v) is 6.24. The van der Waals surface area contributed by atoms with E-state index in [1.165, 1.54) is 36.0 Å². The molecule has 5 nitrogen and oxygen atoms in total. The first-order valence-electron chi connectivity index (χ1n) is 7.31. The summed E-state index contributed by atoms with van der Waals surface area (Å²) in [5.74, 6) is 0.452. The van der Waals surface area contributed by atoms with Crippen LogP contribution < -0.4 is 5.32 Å². The van der Waals surface area contributed by atoms with Crippen LogP contribution in [-0.2, 0) is 10.5 Å². The van der Waals surface area contributed by atoms with E-state index >= 15 is 0 Å². The van der Waals surface area contributed by atoms with Crippen LogP contribution in [0.3, 0.4) is 0 Å². The molecule has 0 heterocycles. The molecule has 2 aromatic carbocycles. The molecule has 0 saturated carbocycles. The SMILES string of the molecule is CC(NC(=O)CSCc1ccc([N+](=O)[O-])cc1)c1ccc(F)cc1. The summed E-state index contributed by atoms with van der Waals surface area (Å²) in [4.78, 5) is 22.1. The number of carbonyl (C=O) groups is 1. The van der Waals surface area contributed by atoms with E-state index in [9.17, 15) is 19.3 Å². The number of hydrogen-bond donors (Lipinski definition) is 1. The number of thioether (sulfide) groups is 1. The van der Waals surface area contributed by atoms with Crippen molar-refractivity contribution in [2.24, 2.45) is 0 Å². The fraction of sp³-hybridized carbons (Fsp3) is 0.235. The average Bonchev–Trinajstić information content (AvgIpc) is 2.55. The summed E-state index contributed by atoms with van der Waals surface area (Å²) in [5.41, 5.74) is 1.81. The summed E-state index contributed by atoms with van der Waals surface area (Å²) >= 11 is 1.43. The molecule has 126 valence electrons. The summed E-state index contributed by atoms with van der Waals surface area (Å²) < 4.78 is 12.9. The number of nitro groups is 1. The highest BCUT2D eigenvalue weighted by Gasteiger charge is 2.10. The van der Waals surface area contributed by atoms with E-state index in [4.69, 9.17) is 0 Å². The molecule has 0 saturated heterocycles. The Morgan fingerprint density at radius 1 is 1.21 bits per heavy atom. The van der Waals surface area contributed by atoms with Gasteiger partial charge in [0.05, 0.1) is 16.7 Å². The first-order valence-corrected chi connectivity index (χ1v) is 8.47. The number of amides is 1. The Hall–Kier alpha value is -2.41. The molecule has 1 atom stereocenters. The highest BCUT2D eigenvalue weighted by molar-refractivity contribution is 7.99. The number of nitrogens with one attached hydrogen (secondary N) is 1. The smallest absolute Gasteiger partial charge is 0.269 e. The van der Waals surface area contributed by atoms with Gasteiger partial charge in [-0.3, -0.25) is 14.9 Å². The van der Waals surface area contributed by atoms with Gasteiger partial charge in [-0.25, -0.2) is 4.39 Å². The fourth-order valence-corrected chi connectivity index (χ4v) is 2.89. The van der Waals surface area contributed by atoms with E-state index in [0.29, 0.717) is 5.75 Å². The molecule has 0 spiro atoms. The molecule has 24 heavy (non-hydrogen) atoms. The molecular weight excluding hydrogens is 331 g/mol. The maximum Gasteiger partial charge on any atom is 0.269 e. The number of benzene rings is 2. The van der Waals surface area contributed by atoms with Crippen molar-refractivity contribution in [1.29, 1.82) is 0 Å². The van der Waals surface area contributed by atoms with Gasteiger partial charge in [0.2, 0.25) is 5.91 Å². The van der Waals surface area contributed by atoms with Crippen molar-refractivity contribution >= 4 is 23.4 Å². The number of halogens is 1. The van der Waals surface area contributed by atoms with Gasteiger partial charge in [-0.2, -0.15) is 0 Å². The maximum atomic E-state index is 12.9. The first-order chi connectivity index (χ1) is 11.5. The summed E-state index contributed by atoms with van der Waals surface area (Å²) in [6.45, 7) is 1.84. The Morgan fingerprint density at radius 2 is 1.83 bits per heavy atom. The largest absolute Gasteiger partial charge is 0.349 e. The number of hydrogen-bond acceptors (Lipinski definition) is 4. The molecule has 0 aliphatic heterocycles. The van der Waals surface area contributed by atoms with Gasteiger partial charge in [-0.15, -0.1) is 11.8 Å². The van der Waals surface area contributed by atoms with Crippen molar-refractivity contribution in [3.63, 3.8) is 0 Å². The Kier molecular flexibility index (Phi) is 6.31. The first kappa shape index (κ1) is 17.9. The minimum atomic E-state index is -0.443. The normalized spacial score (nSPS) is 11.8. The second kappa shape index (κ2) is 8.44. The van der Waals surface area contributed by atoms with Crippen LogP contribution in [0.5, 0.6) is 0 Å². The number of non-ortho nitro benzene ring substituents is 1. The van der Waals surface area contributed by atoms with Crippen LogP contribution in [0.4, 0.5) is 10.1 Å². The van der Waals surface area contributed by atoms with Gasteiger partial charge in [0, 0.05) is 17.9 Å². The number of nitrogens with zero attached hydrogens (tertiary/aromatic N) is 1. The zero-order valence-corrected chi connectivity index (χ0v) is 13.9. The van der Waals surface area contributed by atoms with Crippen LogP contribution in [0.15, 0.2) is 48.5 Å². The topological polar surface area (TPSA) is 72.2 Å². The molecule has 0 aliphatic carbocycles. The van der Waals surface area contributed by atoms with Crippen molar-refractivity contribution < 1.29 is 14.1 Å². The lowest BCUT2D eigenvalue weighted by Gasteiger charge is -2.14. The third kappa shape index (κ3) is 5.34. The van der Waals surface area contributed by atoms with E-state index in [2.05, 4.69) is 5.32 Å². The highest BCUT2D eigenvalue weighted by Crippen LogP contribution is 2.17. The molecule has 2 rings (SSSR count). The van der Waals surface area contributed by atoms with Crippen molar-refractivity contribution in [3.05, 3.63) is 75.6 Å². The quantitative estimate of drug-likeness (QED) is 0.609. The second-order valence-electron chi connectivity index (χ2n) is 5.26. The van der Waals surface area contributed by atoms with Gasteiger partial charge in [0.15, 0.2) is 0 Å². The maximum absolute atomic E-state index is 12.9. The van der Waals surface area contributed by atoms with Crippen LogP contribution in [-0.4, -0.2) is 16.6 Å². The van der Waals surface area contributed by atoms with Crippen molar-refractivity contribution in [1.82, 2.24) is 5.32 Å². The van der Waals surface area contributed by atoms with Crippen LogP contribution in [0.25, 0.3) is 0 Å². The molecule has 0 bridgehead atoms. The van der Waals surface area contributed by atoms with E-state index in [1.807, 2.05) is 6.92 Å². The van der Waals surface area contributed by atoms with Crippen LogP contribution in [0.2, 0.25) is 0 Å². The van der Waals surface area contributed by atoms with Gasteiger partial charge in [-0.05, 0) is 30.2 Å². The van der Waals surface area contributed by atoms with Crippen LogP contribution >= 0.6 is 11.8 Å². The summed E-state index contributed by atoms with van der Waals surface area (Å²) in [7, 11) is 0. The highest BCUT2D eigenvalue weighted by atomic mass is 32.2. The molecular formula is C17H17FN2O3S. The van der Waals surface area contributed by atoms with E-state index in [-0.39, 0.29) is 29.2 Å². The summed E-state index contributed by atoms with van der Waals surface area (Å²) in [6.07, 6.45) is 0. The third-order valence-corrected chi connectivity index (χ3v) is 4.40. The lowest BCUT2D eigenvalue weighted by atomic mass is 10.1. The molecule has 0 aromatic heterocycles. The Labute approximate surface area is 143 Å². The van der Waals surface area contributed by atoms with E-state index < -0.39 is 4.92 Å². The van der Waals surface area contributed by atoms with E-state index in [1.54, 1.807) is 24.3 Å². The standard InChI is InChI=1S/C17H17FN2O3S/c1-12(14-4-6-15(18)7-5-14)19-17(21)11-24-10-13-2-8-16(9-3-13)20(22)23/h2-9,12H,10-11H2,1H3,(H,19,21). The Balaban J connectivity index is 1.76. The van der Waals surface area contributed by atoms with Gasteiger partial charge in [-0.1, -0.05) is 24.3 Å². The molecule has 1 amide bonds. The summed E-state index contributed by atoms with van der Waals surface area (Å²) in [6, 6.07) is 12.1. The lowest BCUT2D eigenvalue weighted by Crippen LogP contribution is -2.28. The van der Waals surface area contributed by atoms with Gasteiger partial charge in [0.25, 0.3) is 5.69 Å². The number of rotatable bonds is 7. The zero-order valence-electron chi connectivity index (χ0n) is 13.1. The van der Waals surface area contributed by atoms with Crippen molar-refractivity contribution in [2.75, 3.05) is 5.75 Å². The number of nitro benzene ring substituents is 1. The monoisotopic (exact) mass is 348 g/mol. The van der Waals surface area contributed by atoms with Crippen LogP contribution in [0, 0.1) is 15.9 Å². The Bertz CT molecular complexity index is 705. The number of carbonyl (C=O) groups excluding carboxylic acids is 1.